The number of hydrogen-bond acceptors (Lipinski definition) is 3. The number of rotatable bonds is 9. The summed E-state index contributed by atoms with van der Waals surface area (Å²) in [5.74, 6) is 1.56. The first kappa shape index (κ1) is 19.4. The molecular weight excluding hydrogens is 317 g/mol. The summed E-state index contributed by atoms with van der Waals surface area (Å²) in [5.41, 5.74) is -0.248. The van der Waals surface area contributed by atoms with Gasteiger partial charge in [-0.3, -0.25) is 0 Å². The van der Waals surface area contributed by atoms with Crippen molar-refractivity contribution in [1.82, 2.24) is 5.32 Å². The van der Waals surface area contributed by atoms with Crippen molar-refractivity contribution >= 4 is 0 Å². The molecule has 0 fully saturated rings. The van der Waals surface area contributed by atoms with Gasteiger partial charge in [-0.2, -0.15) is 0 Å². The van der Waals surface area contributed by atoms with Crippen molar-refractivity contribution in [3.05, 3.63) is 60.2 Å². The number of hydrogen-bond donors (Lipinski definition) is 2. The second kappa shape index (κ2) is 8.97. The number of alkyl halides is 1. The molecule has 2 aromatic carbocycles. The van der Waals surface area contributed by atoms with E-state index in [0.717, 1.165) is 29.9 Å². The van der Waals surface area contributed by atoms with Gasteiger partial charge in [-0.05, 0) is 50.1 Å². The highest BCUT2D eigenvalue weighted by Gasteiger charge is 2.27. The monoisotopic (exact) mass is 345 g/mol. The van der Waals surface area contributed by atoms with Gasteiger partial charge in [-0.1, -0.05) is 43.7 Å². The van der Waals surface area contributed by atoms with E-state index in [1.54, 1.807) is 0 Å². The van der Waals surface area contributed by atoms with E-state index < -0.39 is 11.8 Å². The van der Waals surface area contributed by atoms with Gasteiger partial charge in [0.1, 0.15) is 17.7 Å². The fourth-order valence-corrected chi connectivity index (χ4v) is 2.56. The maximum absolute atomic E-state index is 14.0. The predicted octanol–water partition coefficient (Wildman–Crippen LogP) is 5.02. The van der Waals surface area contributed by atoms with Crippen LogP contribution in [0, 0.1) is 0 Å². The minimum atomic E-state index is -1.34. The van der Waals surface area contributed by atoms with E-state index in [0.29, 0.717) is 0 Å². The second-order valence-electron chi connectivity index (χ2n) is 6.85. The maximum atomic E-state index is 14.0. The molecule has 25 heavy (non-hydrogen) atoms. The smallest absolute Gasteiger partial charge is 0.140 e. The quantitative estimate of drug-likeness (QED) is 0.670. The van der Waals surface area contributed by atoms with E-state index in [-0.39, 0.29) is 12.6 Å². The molecule has 0 saturated heterocycles. The van der Waals surface area contributed by atoms with E-state index in [4.69, 9.17) is 4.74 Å². The number of benzene rings is 2. The molecule has 0 amide bonds. The maximum Gasteiger partial charge on any atom is 0.140 e. The highest BCUT2D eigenvalue weighted by Crippen LogP contribution is 2.25. The zero-order valence-electron chi connectivity index (χ0n) is 15.2. The number of aliphatic hydroxyl groups is 1. The minimum absolute atomic E-state index is 0.0522. The van der Waals surface area contributed by atoms with Gasteiger partial charge in [-0.15, -0.1) is 0 Å². The van der Waals surface area contributed by atoms with Gasteiger partial charge in [0.05, 0.1) is 5.60 Å². The summed E-state index contributed by atoms with van der Waals surface area (Å²) >= 11 is 0. The van der Waals surface area contributed by atoms with Gasteiger partial charge in [0, 0.05) is 12.6 Å². The number of halogens is 1. The molecule has 0 aliphatic rings. The fourth-order valence-electron chi connectivity index (χ4n) is 2.56. The van der Waals surface area contributed by atoms with Gasteiger partial charge in [0.15, 0.2) is 0 Å². The Kier molecular flexibility index (Phi) is 6.97. The lowest BCUT2D eigenvalue weighted by Crippen LogP contribution is -2.41. The summed E-state index contributed by atoms with van der Waals surface area (Å²) in [6.45, 7) is 5.20. The molecule has 0 aliphatic carbocycles. The molecule has 0 aromatic heterocycles. The lowest BCUT2D eigenvalue weighted by Gasteiger charge is -2.26. The van der Waals surface area contributed by atoms with E-state index >= 15 is 0 Å². The molecule has 2 atom stereocenters. The SMILES string of the molecule is CCCC(NC[C@@H](F)C(C)(C)O)c1ccc(Oc2ccccc2)cc1. The van der Waals surface area contributed by atoms with Gasteiger partial charge in [-0.25, -0.2) is 4.39 Å². The molecule has 0 spiro atoms. The lowest BCUT2D eigenvalue weighted by molar-refractivity contribution is -0.00347. The van der Waals surface area contributed by atoms with E-state index in [1.807, 2.05) is 54.6 Å². The van der Waals surface area contributed by atoms with Crippen LogP contribution in [0.4, 0.5) is 4.39 Å². The van der Waals surface area contributed by atoms with Crippen molar-refractivity contribution in [3.63, 3.8) is 0 Å². The number of nitrogens with one attached hydrogen (secondary N) is 1. The Labute approximate surface area is 149 Å². The third-order valence-corrected chi connectivity index (χ3v) is 4.15. The van der Waals surface area contributed by atoms with E-state index in [1.165, 1.54) is 13.8 Å². The minimum Gasteiger partial charge on any atom is -0.457 e. The molecule has 4 heteroatoms. The Balaban J connectivity index is 2.00. The Morgan fingerprint density at radius 3 is 2.20 bits per heavy atom. The molecule has 0 aliphatic heterocycles. The van der Waals surface area contributed by atoms with E-state index in [2.05, 4.69) is 12.2 Å². The van der Waals surface area contributed by atoms with Gasteiger partial charge in [0.25, 0.3) is 0 Å². The van der Waals surface area contributed by atoms with Crippen molar-refractivity contribution in [2.24, 2.45) is 0 Å². The highest BCUT2D eigenvalue weighted by molar-refractivity contribution is 5.34. The Bertz CT molecular complexity index is 623. The van der Waals surface area contributed by atoms with Gasteiger partial charge in [0.2, 0.25) is 0 Å². The average molecular weight is 345 g/mol. The van der Waals surface area contributed by atoms with Crippen LogP contribution in [0.3, 0.4) is 0 Å². The van der Waals surface area contributed by atoms with Crippen LogP contribution in [0.25, 0.3) is 0 Å². The van der Waals surface area contributed by atoms with Crippen molar-refractivity contribution in [2.45, 2.75) is 51.4 Å². The Hall–Kier alpha value is -1.91. The Morgan fingerprint density at radius 2 is 1.64 bits per heavy atom. The molecular formula is C21H28FNO2. The molecule has 0 radical (unpaired) electrons. The normalized spacial score (nSPS) is 14.1. The van der Waals surface area contributed by atoms with Crippen molar-refractivity contribution in [3.8, 4) is 11.5 Å². The topological polar surface area (TPSA) is 41.5 Å². The molecule has 0 bridgehead atoms. The molecule has 136 valence electrons. The third-order valence-electron chi connectivity index (χ3n) is 4.15. The molecule has 0 heterocycles. The van der Waals surface area contributed by atoms with Crippen LogP contribution >= 0.6 is 0 Å². The third kappa shape index (κ3) is 6.15. The summed E-state index contributed by atoms with van der Waals surface area (Å²) < 4.78 is 19.8. The zero-order chi connectivity index (χ0) is 18.3. The van der Waals surface area contributed by atoms with Crippen LogP contribution in [-0.4, -0.2) is 23.4 Å². The second-order valence-corrected chi connectivity index (χ2v) is 6.85. The predicted molar refractivity (Wildman–Crippen MR) is 99.8 cm³/mol. The number of para-hydroxylation sites is 1. The molecule has 2 aromatic rings. The Morgan fingerprint density at radius 1 is 1.04 bits per heavy atom. The zero-order valence-corrected chi connectivity index (χ0v) is 15.2. The first-order valence-corrected chi connectivity index (χ1v) is 8.83. The molecule has 3 nitrogen and oxygen atoms in total. The van der Waals surface area contributed by atoms with Crippen molar-refractivity contribution in [2.75, 3.05) is 6.54 Å². The average Bonchev–Trinajstić information content (AvgIpc) is 2.59. The lowest BCUT2D eigenvalue weighted by atomic mass is 9.99. The summed E-state index contributed by atoms with van der Waals surface area (Å²) in [4.78, 5) is 0. The van der Waals surface area contributed by atoms with Crippen LogP contribution in [0.1, 0.15) is 45.2 Å². The molecule has 0 saturated carbocycles. The highest BCUT2D eigenvalue weighted by atomic mass is 19.1. The van der Waals surface area contributed by atoms with Crippen LogP contribution in [0.2, 0.25) is 0 Å². The first-order chi connectivity index (χ1) is 11.9. The van der Waals surface area contributed by atoms with Crippen LogP contribution in [-0.2, 0) is 0 Å². The van der Waals surface area contributed by atoms with Crippen LogP contribution in [0.5, 0.6) is 11.5 Å². The fraction of sp³-hybridized carbons (Fsp3) is 0.429. The summed E-state index contributed by atoms with van der Waals surface area (Å²) in [5, 5.41) is 13.0. The molecule has 2 rings (SSSR count). The van der Waals surface area contributed by atoms with Gasteiger partial charge < -0.3 is 15.2 Å². The van der Waals surface area contributed by atoms with Crippen LogP contribution in [0.15, 0.2) is 54.6 Å². The standard InChI is InChI=1S/C21H28FNO2/c1-4-8-19(23-15-20(22)21(2,3)24)16-11-13-18(14-12-16)25-17-9-6-5-7-10-17/h5-7,9-14,19-20,23-24H,4,8,15H2,1-3H3/t19?,20-/m1/s1. The summed E-state index contributed by atoms with van der Waals surface area (Å²) in [6.07, 6.45) is 0.573. The molecule has 2 N–H and O–H groups in total. The molecule has 1 unspecified atom stereocenters. The van der Waals surface area contributed by atoms with Crippen LogP contribution < -0.4 is 10.1 Å². The van der Waals surface area contributed by atoms with Crippen molar-refractivity contribution < 1.29 is 14.2 Å². The first-order valence-electron chi connectivity index (χ1n) is 8.83. The largest absolute Gasteiger partial charge is 0.457 e. The number of ether oxygens (including phenoxy) is 1. The van der Waals surface area contributed by atoms with E-state index in [9.17, 15) is 9.50 Å². The van der Waals surface area contributed by atoms with Gasteiger partial charge >= 0.3 is 0 Å². The van der Waals surface area contributed by atoms with Crippen molar-refractivity contribution in [1.29, 1.82) is 0 Å². The summed E-state index contributed by atoms with van der Waals surface area (Å²) in [7, 11) is 0. The summed E-state index contributed by atoms with van der Waals surface area (Å²) in [6, 6.07) is 17.5.